The summed E-state index contributed by atoms with van der Waals surface area (Å²) in [6.45, 7) is 4.10. The number of hydrogen-bond acceptors (Lipinski definition) is 2. The monoisotopic (exact) mass is 419 g/mol. The standard InChI is InChI=1S/C17H29N3O.HI/c1-2-18-16(20-14-10-13-6-7-15(14)21-13)19-11-17(8-3-9-17)12-4-5-12;/h12-15H,2-11H2,1H3,(H2,18,19,20);1H. The van der Waals surface area contributed by atoms with Gasteiger partial charge >= 0.3 is 0 Å². The zero-order chi connectivity index (χ0) is 14.3. The second kappa shape index (κ2) is 6.83. The lowest BCUT2D eigenvalue weighted by Crippen LogP contribution is -2.48. The van der Waals surface area contributed by atoms with Gasteiger partial charge in [0.05, 0.1) is 18.2 Å². The van der Waals surface area contributed by atoms with Gasteiger partial charge in [-0.15, -0.1) is 24.0 Å². The average Bonchev–Trinajstić information content (AvgIpc) is 3.07. The van der Waals surface area contributed by atoms with E-state index in [4.69, 9.17) is 9.73 Å². The molecule has 2 bridgehead atoms. The molecule has 0 radical (unpaired) electrons. The minimum atomic E-state index is 0. The van der Waals surface area contributed by atoms with E-state index in [-0.39, 0.29) is 24.0 Å². The Morgan fingerprint density at radius 3 is 2.55 bits per heavy atom. The molecule has 0 aromatic heterocycles. The Morgan fingerprint density at radius 2 is 2.05 bits per heavy atom. The van der Waals surface area contributed by atoms with Crippen LogP contribution in [-0.2, 0) is 4.74 Å². The molecular formula is C17H30IN3O. The quantitative estimate of drug-likeness (QED) is 0.409. The topological polar surface area (TPSA) is 45.7 Å². The number of rotatable bonds is 5. The molecular weight excluding hydrogens is 389 g/mol. The molecule has 22 heavy (non-hydrogen) atoms. The first-order valence-electron chi connectivity index (χ1n) is 8.99. The van der Waals surface area contributed by atoms with Crippen molar-refractivity contribution < 1.29 is 4.74 Å². The first-order chi connectivity index (χ1) is 10.3. The number of ether oxygens (including phenoxy) is 1. The highest BCUT2D eigenvalue weighted by Crippen LogP contribution is 2.57. The number of hydrogen-bond donors (Lipinski definition) is 2. The fraction of sp³-hybridized carbons (Fsp3) is 0.941. The van der Waals surface area contributed by atoms with Crippen molar-refractivity contribution in [2.45, 2.75) is 76.5 Å². The van der Waals surface area contributed by atoms with Gasteiger partial charge in [-0.3, -0.25) is 4.99 Å². The van der Waals surface area contributed by atoms with Crippen LogP contribution >= 0.6 is 24.0 Å². The number of halogens is 1. The van der Waals surface area contributed by atoms with Gasteiger partial charge in [0.2, 0.25) is 0 Å². The number of nitrogens with one attached hydrogen (secondary N) is 2. The molecule has 2 N–H and O–H groups in total. The third kappa shape index (κ3) is 3.25. The lowest BCUT2D eigenvalue weighted by Gasteiger charge is -2.41. The molecule has 4 aliphatic rings. The molecule has 0 amide bonds. The van der Waals surface area contributed by atoms with Crippen molar-refractivity contribution in [3.05, 3.63) is 0 Å². The van der Waals surface area contributed by atoms with E-state index >= 15 is 0 Å². The van der Waals surface area contributed by atoms with Gasteiger partial charge in [0.25, 0.3) is 0 Å². The second-order valence-corrected chi connectivity index (χ2v) is 7.55. The normalized spacial score (nSPS) is 35.7. The summed E-state index contributed by atoms with van der Waals surface area (Å²) in [7, 11) is 0. The van der Waals surface area contributed by atoms with Crippen molar-refractivity contribution in [1.29, 1.82) is 0 Å². The maximum absolute atomic E-state index is 5.94. The summed E-state index contributed by atoms with van der Waals surface area (Å²) >= 11 is 0. The van der Waals surface area contributed by atoms with Crippen molar-refractivity contribution >= 4 is 29.9 Å². The maximum Gasteiger partial charge on any atom is 0.191 e. The number of guanidine groups is 1. The summed E-state index contributed by atoms with van der Waals surface area (Å²) in [5.74, 6) is 1.99. The Labute approximate surface area is 151 Å². The van der Waals surface area contributed by atoms with Crippen LogP contribution in [0.4, 0.5) is 0 Å². The maximum atomic E-state index is 5.94. The molecule has 3 unspecified atom stereocenters. The molecule has 2 saturated heterocycles. The highest BCUT2D eigenvalue weighted by molar-refractivity contribution is 14.0. The van der Waals surface area contributed by atoms with Crippen LogP contribution in [0.25, 0.3) is 0 Å². The SMILES string of the molecule is CCNC(=NCC1(C2CC2)CCC1)NC1CC2CCC1O2.I. The lowest BCUT2D eigenvalue weighted by atomic mass is 9.65. The first kappa shape index (κ1) is 16.8. The van der Waals surface area contributed by atoms with Crippen LogP contribution in [-0.4, -0.2) is 37.3 Å². The highest BCUT2D eigenvalue weighted by Gasteiger charge is 2.49. The molecule has 2 heterocycles. The third-order valence-electron chi connectivity index (χ3n) is 6.12. The van der Waals surface area contributed by atoms with Crippen molar-refractivity contribution in [2.24, 2.45) is 16.3 Å². The second-order valence-electron chi connectivity index (χ2n) is 7.55. The average molecular weight is 419 g/mol. The summed E-state index contributed by atoms with van der Waals surface area (Å²) in [6, 6.07) is 0.472. The minimum Gasteiger partial charge on any atom is -0.373 e. The fourth-order valence-electron chi connectivity index (χ4n) is 4.54. The third-order valence-corrected chi connectivity index (χ3v) is 6.12. The van der Waals surface area contributed by atoms with Crippen molar-refractivity contribution in [3.63, 3.8) is 0 Å². The molecule has 0 spiro atoms. The smallest absolute Gasteiger partial charge is 0.191 e. The van der Waals surface area contributed by atoms with Crippen molar-refractivity contribution in [1.82, 2.24) is 10.6 Å². The van der Waals surface area contributed by atoms with E-state index in [0.29, 0.717) is 23.7 Å². The summed E-state index contributed by atoms with van der Waals surface area (Å²) in [6.07, 6.45) is 11.6. The summed E-state index contributed by atoms with van der Waals surface area (Å²) in [5.41, 5.74) is 0.563. The first-order valence-corrected chi connectivity index (χ1v) is 8.99. The molecule has 2 aliphatic carbocycles. The Kier molecular flexibility index (Phi) is 5.22. The molecule has 4 rings (SSSR count). The zero-order valence-corrected chi connectivity index (χ0v) is 16.0. The Bertz CT molecular complexity index is 420. The molecule has 0 aromatic carbocycles. The van der Waals surface area contributed by atoms with E-state index in [2.05, 4.69) is 17.6 Å². The largest absolute Gasteiger partial charge is 0.373 e. The molecule has 5 heteroatoms. The number of nitrogens with zero attached hydrogens (tertiary/aromatic N) is 1. The van der Waals surface area contributed by atoms with Gasteiger partial charge < -0.3 is 15.4 Å². The number of aliphatic imine (C=N–C) groups is 1. The van der Waals surface area contributed by atoms with Crippen LogP contribution in [0.3, 0.4) is 0 Å². The van der Waals surface area contributed by atoms with Crippen LogP contribution in [0.1, 0.15) is 58.3 Å². The molecule has 3 atom stereocenters. The van der Waals surface area contributed by atoms with Crippen molar-refractivity contribution in [3.8, 4) is 0 Å². The van der Waals surface area contributed by atoms with E-state index in [9.17, 15) is 0 Å². The van der Waals surface area contributed by atoms with Crippen LogP contribution in [0.5, 0.6) is 0 Å². The van der Waals surface area contributed by atoms with Gasteiger partial charge in [0.1, 0.15) is 0 Å². The predicted molar refractivity (Wildman–Crippen MR) is 99.8 cm³/mol. The van der Waals surface area contributed by atoms with Gasteiger partial charge in [-0.25, -0.2) is 0 Å². The summed E-state index contributed by atoms with van der Waals surface area (Å²) < 4.78 is 5.94. The van der Waals surface area contributed by atoms with Crippen LogP contribution in [0.2, 0.25) is 0 Å². The highest BCUT2D eigenvalue weighted by atomic mass is 127. The van der Waals surface area contributed by atoms with Gasteiger partial charge in [0, 0.05) is 13.1 Å². The Hall–Kier alpha value is -0.0400. The Balaban J connectivity index is 0.00000144. The molecule has 126 valence electrons. The van der Waals surface area contributed by atoms with Gasteiger partial charge in [0.15, 0.2) is 5.96 Å². The summed E-state index contributed by atoms with van der Waals surface area (Å²) in [4.78, 5) is 4.95. The molecule has 4 fully saturated rings. The van der Waals surface area contributed by atoms with Crippen LogP contribution in [0, 0.1) is 11.3 Å². The summed E-state index contributed by atoms with van der Waals surface area (Å²) in [5, 5.41) is 7.07. The van der Waals surface area contributed by atoms with E-state index in [1.165, 1.54) is 44.9 Å². The van der Waals surface area contributed by atoms with E-state index in [1.54, 1.807) is 0 Å². The molecule has 2 aliphatic heterocycles. The van der Waals surface area contributed by atoms with Crippen LogP contribution in [0.15, 0.2) is 4.99 Å². The molecule has 4 nitrogen and oxygen atoms in total. The van der Waals surface area contributed by atoms with E-state index < -0.39 is 0 Å². The van der Waals surface area contributed by atoms with E-state index in [0.717, 1.165) is 31.4 Å². The lowest BCUT2D eigenvalue weighted by molar-refractivity contribution is 0.0990. The van der Waals surface area contributed by atoms with Crippen molar-refractivity contribution in [2.75, 3.05) is 13.1 Å². The fourth-order valence-corrected chi connectivity index (χ4v) is 4.54. The predicted octanol–water partition coefficient (Wildman–Crippen LogP) is 3.06. The zero-order valence-electron chi connectivity index (χ0n) is 13.6. The van der Waals surface area contributed by atoms with E-state index in [1.807, 2.05) is 0 Å². The van der Waals surface area contributed by atoms with Gasteiger partial charge in [-0.05, 0) is 63.2 Å². The molecule has 0 aromatic rings. The number of fused-ring (bicyclic) bond motifs is 2. The molecule has 2 saturated carbocycles. The van der Waals surface area contributed by atoms with Gasteiger partial charge in [-0.1, -0.05) is 6.42 Å². The van der Waals surface area contributed by atoms with Gasteiger partial charge in [-0.2, -0.15) is 0 Å². The minimum absolute atomic E-state index is 0. The van der Waals surface area contributed by atoms with Crippen LogP contribution < -0.4 is 10.6 Å². The Morgan fingerprint density at radius 1 is 1.23 bits per heavy atom.